The minimum Gasteiger partial charge on any atom is -0.328 e. The standard InChI is InChI=1S/C14H24N2S/c1-3-17-14-8-6-13(7-9-14)11-16-10-4-5-12(2)15/h6-9,12,16H,3-5,10-11,15H2,1-2H3. The fourth-order valence-electron chi connectivity index (χ4n) is 1.65. The normalized spacial score (nSPS) is 12.6. The molecule has 1 unspecified atom stereocenters. The molecule has 1 aromatic carbocycles. The fourth-order valence-corrected chi connectivity index (χ4v) is 2.31. The molecule has 1 atom stereocenters. The van der Waals surface area contributed by atoms with Gasteiger partial charge in [-0.1, -0.05) is 19.1 Å². The zero-order valence-corrected chi connectivity index (χ0v) is 11.7. The van der Waals surface area contributed by atoms with Gasteiger partial charge in [0.05, 0.1) is 0 Å². The number of nitrogens with two attached hydrogens (primary N) is 1. The first kappa shape index (κ1) is 14.6. The van der Waals surface area contributed by atoms with Crippen LogP contribution in [0.3, 0.4) is 0 Å². The Morgan fingerprint density at radius 3 is 2.59 bits per heavy atom. The number of hydrogen-bond acceptors (Lipinski definition) is 3. The molecule has 17 heavy (non-hydrogen) atoms. The maximum absolute atomic E-state index is 5.70. The first-order valence-corrected chi connectivity index (χ1v) is 7.39. The molecule has 0 saturated carbocycles. The summed E-state index contributed by atoms with van der Waals surface area (Å²) in [7, 11) is 0. The van der Waals surface area contributed by atoms with Crippen LogP contribution in [0.15, 0.2) is 29.2 Å². The van der Waals surface area contributed by atoms with E-state index in [9.17, 15) is 0 Å². The predicted octanol–water partition coefficient (Wildman–Crippen LogP) is 3.02. The third-order valence-electron chi connectivity index (χ3n) is 2.58. The van der Waals surface area contributed by atoms with Gasteiger partial charge in [-0.15, -0.1) is 11.8 Å². The minimum absolute atomic E-state index is 0.321. The van der Waals surface area contributed by atoms with Crippen LogP contribution in [0, 0.1) is 0 Å². The highest BCUT2D eigenvalue weighted by atomic mass is 32.2. The lowest BCUT2D eigenvalue weighted by Gasteiger charge is -2.07. The van der Waals surface area contributed by atoms with Crippen molar-refractivity contribution in [1.82, 2.24) is 5.32 Å². The van der Waals surface area contributed by atoms with E-state index in [0.717, 1.165) is 31.7 Å². The van der Waals surface area contributed by atoms with E-state index >= 15 is 0 Å². The van der Waals surface area contributed by atoms with Crippen LogP contribution < -0.4 is 11.1 Å². The van der Waals surface area contributed by atoms with Gasteiger partial charge in [0, 0.05) is 17.5 Å². The van der Waals surface area contributed by atoms with Crippen LogP contribution >= 0.6 is 11.8 Å². The molecule has 0 amide bonds. The van der Waals surface area contributed by atoms with Crippen molar-refractivity contribution in [3.63, 3.8) is 0 Å². The number of rotatable bonds is 8. The lowest BCUT2D eigenvalue weighted by molar-refractivity contribution is 0.574. The SMILES string of the molecule is CCSc1ccc(CNCCCC(C)N)cc1. The predicted molar refractivity (Wildman–Crippen MR) is 77.4 cm³/mol. The molecule has 0 aliphatic carbocycles. The Bertz CT molecular complexity index is 296. The highest BCUT2D eigenvalue weighted by Gasteiger charge is 1.96. The Morgan fingerprint density at radius 1 is 1.29 bits per heavy atom. The maximum atomic E-state index is 5.70. The molecule has 1 rings (SSSR count). The van der Waals surface area contributed by atoms with Gasteiger partial charge in [-0.2, -0.15) is 0 Å². The summed E-state index contributed by atoms with van der Waals surface area (Å²) in [5.74, 6) is 1.13. The van der Waals surface area contributed by atoms with Crippen LogP contribution in [0.5, 0.6) is 0 Å². The molecular weight excluding hydrogens is 228 g/mol. The van der Waals surface area contributed by atoms with E-state index in [1.165, 1.54) is 10.5 Å². The summed E-state index contributed by atoms with van der Waals surface area (Å²) in [6, 6.07) is 9.13. The van der Waals surface area contributed by atoms with Crippen LogP contribution in [0.2, 0.25) is 0 Å². The number of thioether (sulfide) groups is 1. The molecule has 0 spiro atoms. The molecule has 0 radical (unpaired) electrons. The van der Waals surface area contributed by atoms with Crippen molar-refractivity contribution < 1.29 is 0 Å². The monoisotopic (exact) mass is 252 g/mol. The molecule has 0 bridgehead atoms. The first-order chi connectivity index (χ1) is 8.22. The molecule has 0 aromatic heterocycles. The third-order valence-corrected chi connectivity index (χ3v) is 3.47. The van der Waals surface area contributed by atoms with Gasteiger partial charge in [0.1, 0.15) is 0 Å². The molecule has 3 heteroatoms. The summed E-state index contributed by atoms with van der Waals surface area (Å²) in [5.41, 5.74) is 7.05. The second kappa shape index (κ2) is 8.56. The van der Waals surface area contributed by atoms with E-state index in [1.54, 1.807) is 0 Å². The van der Waals surface area contributed by atoms with Crippen molar-refractivity contribution in [3.8, 4) is 0 Å². The lowest BCUT2D eigenvalue weighted by atomic mass is 10.2. The molecule has 0 aliphatic heterocycles. The Morgan fingerprint density at radius 2 is 2.00 bits per heavy atom. The average molecular weight is 252 g/mol. The highest BCUT2D eigenvalue weighted by Crippen LogP contribution is 2.17. The van der Waals surface area contributed by atoms with Gasteiger partial charge < -0.3 is 11.1 Å². The van der Waals surface area contributed by atoms with Crippen molar-refractivity contribution in [1.29, 1.82) is 0 Å². The van der Waals surface area contributed by atoms with Gasteiger partial charge in [-0.25, -0.2) is 0 Å². The lowest BCUT2D eigenvalue weighted by Crippen LogP contribution is -2.19. The van der Waals surface area contributed by atoms with Crippen molar-refractivity contribution >= 4 is 11.8 Å². The van der Waals surface area contributed by atoms with E-state index in [0.29, 0.717) is 6.04 Å². The van der Waals surface area contributed by atoms with E-state index in [1.807, 2.05) is 11.8 Å². The van der Waals surface area contributed by atoms with Gasteiger partial charge in [0.15, 0.2) is 0 Å². The molecule has 96 valence electrons. The maximum Gasteiger partial charge on any atom is 0.0205 e. The van der Waals surface area contributed by atoms with Gasteiger partial charge >= 0.3 is 0 Å². The average Bonchev–Trinajstić information content (AvgIpc) is 2.31. The minimum atomic E-state index is 0.321. The van der Waals surface area contributed by atoms with Gasteiger partial charge in [-0.3, -0.25) is 0 Å². The number of nitrogens with one attached hydrogen (secondary N) is 1. The molecule has 3 N–H and O–H groups in total. The summed E-state index contributed by atoms with van der Waals surface area (Å²) in [5, 5.41) is 3.45. The Balaban J connectivity index is 2.18. The molecular formula is C14H24N2S. The molecule has 0 heterocycles. The number of hydrogen-bond donors (Lipinski definition) is 2. The van der Waals surface area contributed by atoms with Gasteiger partial charge in [0.2, 0.25) is 0 Å². The molecule has 1 aromatic rings. The molecule has 0 aliphatic rings. The molecule has 0 saturated heterocycles. The second-order valence-electron chi connectivity index (χ2n) is 4.37. The van der Waals surface area contributed by atoms with Crippen molar-refractivity contribution in [2.24, 2.45) is 5.73 Å². The summed E-state index contributed by atoms with van der Waals surface area (Å²) >= 11 is 1.88. The first-order valence-electron chi connectivity index (χ1n) is 6.40. The number of benzene rings is 1. The second-order valence-corrected chi connectivity index (χ2v) is 5.71. The molecule has 2 nitrogen and oxygen atoms in total. The van der Waals surface area contributed by atoms with Crippen molar-refractivity contribution in [2.75, 3.05) is 12.3 Å². The van der Waals surface area contributed by atoms with Crippen LogP contribution in [0.1, 0.15) is 32.3 Å². The van der Waals surface area contributed by atoms with E-state index < -0.39 is 0 Å². The largest absolute Gasteiger partial charge is 0.328 e. The summed E-state index contributed by atoms with van der Waals surface area (Å²) in [4.78, 5) is 1.35. The van der Waals surface area contributed by atoms with E-state index in [4.69, 9.17) is 5.73 Å². The summed E-state index contributed by atoms with van der Waals surface area (Å²) in [6.07, 6.45) is 2.25. The topological polar surface area (TPSA) is 38.0 Å². The van der Waals surface area contributed by atoms with Crippen molar-refractivity contribution in [2.45, 2.75) is 44.2 Å². The van der Waals surface area contributed by atoms with E-state index in [-0.39, 0.29) is 0 Å². The van der Waals surface area contributed by atoms with Gasteiger partial charge in [0.25, 0.3) is 0 Å². The highest BCUT2D eigenvalue weighted by molar-refractivity contribution is 7.99. The Hall–Kier alpha value is -0.510. The van der Waals surface area contributed by atoms with Crippen LogP contribution in [-0.4, -0.2) is 18.3 Å². The third kappa shape index (κ3) is 6.71. The fraction of sp³-hybridized carbons (Fsp3) is 0.571. The van der Waals surface area contributed by atoms with Crippen molar-refractivity contribution in [3.05, 3.63) is 29.8 Å². The summed E-state index contributed by atoms with van der Waals surface area (Å²) < 4.78 is 0. The van der Waals surface area contributed by atoms with Crippen LogP contribution in [0.4, 0.5) is 0 Å². The Kier molecular flexibility index (Phi) is 7.33. The quantitative estimate of drug-likeness (QED) is 0.552. The molecule has 0 fully saturated rings. The van der Waals surface area contributed by atoms with Gasteiger partial charge in [-0.05, 0) is 49.8 Å². The zero-order valence-electron chi connectivity index (χ0n) is 10.9. The zero-order chi connectivity index (χ0) is 12.5. The van der Waals surface area contributed by atoms with E-state index in [2.05, 4.69) is 43.4 Å². The Labute approximate surface area is 109 Å². The smallest absolute Gasteiger partial charge is 0.0205 e. The van der Waals surface area contributed by atoms with Crippen LogP contribution in [0.25, 0.3) is 0 Å². The summed E-state index contributed by atoms with van der Waals surface area (Å²) in [6.45, 7) is 6.24. The van der Waals surface area contributed by atoms with Crippen LogP contribution in [-0.2, 0) is 6.54 Å².